The van der Waals surface area contributed by atoms with Gasteiger partial charge in [0, 0.05) is 6.20 Å². The van der Waals surface area contributed by atoms with E-state index in [1.54, 1.807) is 0 Å². The smallest absolute Gasteiger partial charge is 0.268 e. The van der Waals surface area contributed by atoms with Crippen LogP contribution in [0.5, 0.6) is 0 Å². The minimum Gasteiger partial charge on any atom is -0.388 e. The van der Waals surface area contributed by atoms with Crippen molar-refractivity contribution in [3.8, 4) is 0 Å². The molecule has 0 aliphatic heterocycles. The molecule has 3 N–H and O–H groups in total. The van der Waals surface area contributed by atoms with Crippen LogP contribution in [0.4, 0.5) is 4.39 Å². The van der Waals surface area contributed by atoms with Gasteiger partial charge in [0.05, 0.1) is 17.0 Å². The van der Waals surface area contributed by atoms with E-state index in [4.69, 9.17) is 0 Å². The lowest BCUT2D eigenvalue weighted by Crippen LogP contribution is -2.70. The fourth-order valence-corrected chi connectivity index (χ4v) is 4.73. The lowest BCUT2D eigenvalue weighted by atomic mass is 9.43. The van der Waals surface area contributed by atoms with E-state index in [-0.39, 0.29) is 29.0 Å². The topological polar surface area (TPSA) is 78.0 Å². The third kappa shape index (κ3) is 2.02. The van der Waals surface area contributed by atoms with Gasteiger partial charge >= 0.3 is 0 Å². The molecule has 0 aromatic carbocycles. The van der Waals surface area contributed by atoms with Crippen LogP contribution in [0.3, 0.4) is 0 Å². The molecule has 3 aliphatic carbocycles. The molecule has 0 spiro atoms. The number of halogens is 1. The number of aromatic nitrogens is 2. The lowest BCUT2D eigenvalue weighted by molar-refractivity contribution is -0.207. The van der Waals surface area contributed by atoms with Gasteiger partial charge in [-0.2, -0.15) is 0 Å². The summed E-state index contributed by atoms with van der Waals surface area (Å²) in [6.07, 6.45) is 3.13. The van der Waals surface area contributed by atoms with Crippen molar-refractivity contribution < 1.29 is 14.3 Å². The predicted molar refractivity (Wildman–Crippen MR) is 87.9 cm³/mol. The van der Waals surface area contributed by atoms with E-state index in [9.17, 15) is 14.3 Å². The molecule has 5 rings (SSSR count). The number of H-pyrrole nitrogens is 1. The molecule has 2 heterocycles. The Balaban J connectivity index is 1.57. The number of aromatic amines is 1. The Morgan fingerprint density at radius 3 is 2.79 bits per heavy atom. The molecule has 6 heteroatoms. The first kappa shape index (κ1) is 15.6. The summed E-state index contributed by atoms with van der Waals surface area (Å²) in [4.78, 5) is 19.4. The number of amides is 1. The summed E-state index contributed by atoms with van der Waals surface area (Å²) in [7, 11) is 0. The average Bonchev–Trinajstić information content (AvgIpc) is 2.94. The highest BCUT2D eigenvalue weighted by Gasteiger charge is 2.63. The van der Waals surface area contributed by atoms with Crippen LogP contribution in [-0.4, -0.2) is 32.6 Å². The SMILES string of the molecule is CC1(C)[C@H]2C[C@H](NC(=O)c3cc4c(F)ccnc4[nH]3)[C@](C)(O)[C@@H]1C2. The van der Waals surface area contributed by atoms with Crippen molar-refractivity contribution in [1.82, 2.24) is 15.3 Å². The van der Waals surface area contributed by atoms with Crippen LogP contribution in [0.2, 0.25) is 0 Å². The Labute approximate surface area is 139 Å². The highest BCUT2D eigenvalue weighted by atomic mass is 19.1. The summed E-state index contributed by atoms with van der Waals surface area (Å²) >= 11 is 0. The Morgan fingerprint density at radius 1 is 1.42 bits per heavy atom. The lowest BCUT2D eigenvalue weighted by Gasteiger charge is -2.65. The standard InChI is InChI=1S/C18H22FN3O2/c1-17(2)9-6-13(17)18(3,24)14(7-9)22-16(23)12-8-10-11(19)4-5-20-15(10)21-12/h4-5,8-9,13-14,24H,6-7H2,1-3H3,(H,20,21)(H,22,23)/t9-,13-,14+,18-/m1/s1. The first-order valence-corrected chi connectivity index (χ1v) is 8.37. The van der Waals surface area contributed by atoms with Crippen molar-refractivity contribution in [3.63, 3.8) is 0 Å². The van der Waals surface area contributed by atoms with Crippen molar-refractivity contribution >= 4 is 16.9 Å². The van der Waals surface area contributed by atoms with Crippen LogP contribution in [0.25, 0.3) is 11.0 Å². The zero-order valence-corrected chi connectivity index (χ0v) is 14.1. The summed E-state index contributed by atoms with van der Waals surface area (Å²) in [5.41, 5.74) is -0.223. The second-order valence-corrected chi connectivity index (χ2v) is 8.03. The van der Waals surface area contributed by atoms with E-state index in [1.165, 1.54) is 18.3 Å². The van der Waals surface area contributed by atoms with Crippen molar-refractivity contribution in [2.45, 2.75) is 45.3 Å². The van der Waals surface area contributed by atoms with Crippen LogP contribution in [-0.2, 0) is 0 Å². The minimum absolute atomic E-state index is 0.110. The monoisotopic (exact) mass is 331 g/mol. The van der Waals surface area contributed by atoms with E-state index in [0.29, 0.717) is 17.0 Å². The molecule has 4 atom stereocenters. The van der Waals surface area contributed by atoms with Gasteiger partial charge in [-0.25, -0.2) is 9.37 Å². The van der Waals surface area contributed by atoms with Crippen molar-refractivity contribution in [3.05, 3.63) is 29.8 Å². The zero-order valence-electron chi connectivity index (χ0n) is 14.1. The molecular weight excluding hydrogens is 309 g/mol. The maximum absolute atomic E-state index is 13.8. The summed E-state index contributed by atoms with van der Waals surface area (Å²) in [6, 6.07) is 2.43. The Bertz CT molecular complexity index is 827. The van der Waals surface area contributed by atoms with E-state index < -0.39 is 11.4 Å². The van der Waals surface area contributed by atoms with Crippen LogP contribution in [0.15, 0.2) is 18.3 Å². The van der Waals surface area contributed by atoms with E-state index in [0.717, 1.165) is 12.8 Å². The van der Waals surface area contributed by atoms with Gasteiger partial charge in [-0.15, -0.1) is 0 Å². The number of hydrogen-bond acceptors (Lipinski definition) is 3. The second kappa shape index (κ2) is 4.79. The molecule has 0 unspecified atom stereocenters. The van der Waals surface area contributed by atoms with E-state index in [2.05, 4.69) is 29.1 Å². The molecule has 24 heavy (non-hydrogen) atoms. The first-order valence-electron chi connectivity index (χ1n) is 8.37. The zero-order chi connectivity index (χ0) is 17.3. The number of aliphatic hydroxyl groups is 1. The highest BCUT2D eigenvalue weighted by Crippen LogP contribution is 2.62. The van der Waals surface area contributed by atoms with Crippen LogP contribution < -0.4 is 5.32 Å². The number of carbonyl (C=O) groups is 1. The van der Waals surface area contributed by atoms with Gasteiger partial charge in [0.2, 0.25) is 0 Å². The minimum atomic E-state index is -0.941. The van der Waals surface area contributed by atoms with Gasteiger partial charge in [0.15, 0.2) is 0 Å². The van der Waals surface area contributed by atoms with Crippen molar-refractivity contribution in [1.29, 1.82) is 0 Å². The fourth-order valence-electron chi connectivity index (χ4n) is 4.73. The highest BCUT2D eigenvalue weighted by molar-refractivity contribution is 5.97. The number of rotatable bonds is 2. The molecule has 5 nitrogen and oxygen atoms in total. The number of carbonyl (C=O) groups excluding carboxylic acids is 1. The normalized spacial score (nSPS) is 34.0. The summed E-state index contributed by atoms with van der Waals surface area (Å²) in [5, 5.41) is 14.2. The summed E-state index contributed by atoms with van der Waals surface area (Å²) in [5.74, 6) is -0.0644. The van der Waals surface area contributed by atoms with E-state index >= 15 is 0 Å². The number of hydrogen-bond donors (Lipinski definition) is 3. The number of pyridine rings is 1. The van der Waals surface area contributed by atoms with Crippen LogP contribution in [0, 0.1) is 23.1 Å². The molecule has 2 aromatic heterocycles. The maximum atomic E-state index is 13.8. The molecule has 2 aromatic rings. The van der Waals surface area contributed by atoms with Crippen LogP contribution in [0.1, 0.15) is 44.1 Å². The molecule has 3 saturated carbocycles. The molecule has 128 valence electrons. The Kier molecular flexibility index (Phi) is 3.10. The molecule has 3 fully saturated rings. The molecule has 0 radical (unpaired) electrons. The Hall–Kier alpha value is -1.95. The third-order valence-electron chi connectivity index (χ3n) is 6.43. The predicted octanol–water partition coefficient (Wildman–Crippen LogP) is 2.62. The third-order valence-corrected chi connectivity index (χ3v) is 6.43. The molecular formula is C18H22FN3O2. The summed E-state index contributed by atoms with van der Waals surface area (Å²) < 4.78 is 13.8. The maximum Gasteiger partial charge on any atom is 0.268 e. The van der Waals surface area contributed by atoms with Gasteiger partial charge in [-0.3, -0.25) is 4.79 Å². The van der Waals surface area contributed by atoms with Crippen LogP contribution >= 0.6 is 0 Å². The van der Waals surface area contributed by atoms with E-state index in [1.807, 2.05) is 6.92 Å². The summed E-state index contributed by atoms with van der Waals surface area (Å²) in [6.45, 7) is 6.18. The molecule has 1 amide bonds. The Morgan fingerprint density at radius 2 is 2.17 bits per heavy atom. The number of fused-ring (bicyclic) bond motifs is 3. The quantitative estimate of drug-likeness (QED) is 0.791. The molecule has 3 aliphatic rings. The molecule has 2 bridgehead atoms. The van der Waals surface area contributed by atoms with Gasteiger partial charge < -0.3 is 15.4 Å². The molecule has 0 saturated heterocycles. The van der Waals surface area contributed by atoms with Crippen molar-refractivity contribution in [2.75, 3.05) is 0 Å². The van der Waals surface area contributed by atoms with Gasteiger partial charge in [-0.1, -0.05) is 13.8 Å². The number of nitrogens with one attached hydrogen (secondary N) is 2. The fraction of sp³-hybridized carbons (Fsp3) is 0.556. The number of nitrogens with zero attached hydrogens (tertiary/aromatic N) is 1. The van der Waals surface area contributed by atoms with Gasteiger partial charge in [-0.05, 0) is 49.1 Å². The second-order valence-electron chi connectivity index (χ2n) is 8.03. The van der Waals surface area contributed by atoms with Gasteiger partial charge in [0.25, 0.3) is 5.91 Å². The average molecular weight is 331 g/mol. The first-order chi connectivity index (χ1) is 11.2. The largest absolute Gasteiger partial charge is 0.388 e. The van der Waals surface area contributed by atoms with Crippen molar-refractivity contribution in [2.24, 2.45) is 17.3 Å². The van der Waals surface area contributed by atoms with Gasteiger partial charge in [0.1, 0.15) is 17.2 Å².